The van der Waals surface area contributed by atoms with Gasteiger partial charge >= 0.3 is 23.8 Å². The SMILES string of the molecule is COC(=O)CNC[C@@H](CCCCCNC(=O)OC(C)(C)C)N(C(=O)Cn1cc(C)c(=O)[nH]c1=O)C(=O)OCC1c2ccccc2-c2ccccc21. The fourth-order valence-corrected chi connectivity index (χ4v) is 6.00. The summed E-state index contributed by atoms with van der Waals surface area (Å²) >= 11 is 0. The molecule has 0 saturated heterocycles. The van der Waals surface area contributed by atoms with Crippen LogP contribution in [0.15, 0.2) is 64.3 Å². The van der Waals surface area contributed by atoms with Crippen LogP contribution in [-0.4, -0.2) is 83.5 Å². The van der Waals surface area contributed by atoms with Crippen molar-refractivity contribution < 1.29 is 33.4 Å². The number of hydrogen-bond acceptors (Lipinski definition) is 10. The zero-order valence-electron chi connectivity index (χ0n) is 29.8. The standard InChI is InChI=1S/C37H47N5O9/c1-24-21-41(34(46)40-33(24)45)22-31(43)42(36(48)50-23-30-28-16-10-8-14-26(28)27-15-9-11-17-29(27)30)25(19-38-20-32(44)49-5)13-7-6-12-18-39-35(47)51-37(2,3)4/h8-11,14-17,21,25,30,38H,6-7,12-13,18-20,22-23H2,1-5H3,(H,39,47)(H,40,45,46)/t25-/m1/s1. The van der Waals surface area contributed by atoms with Gasteiger partial charge in [-0.1, -0.05) is 61.4 Å². The molecule has 1 aromatic heterocycles. The van der Waals surface area contributed by atoms with Crippen LogP contribution in [0.3, 0.4) is 0 Å². The number of aryl methyl sites for hydroxylation is 1. The molecule has 0 bridgehead atoms. The van der Waals surface area contributed by atoms with Gasteiger partial charge in [-0.05, 0) is 62.8 Å². The van der Waals surface area contributed by atoms with E-state index in [1.54, 1.807) is 20.8 Å². The van der Waals surface area contributed by atoms with Crippen LogP contribution in [0.25, 0.3) is 11.1 Å². The van der Waals surface area contributed by atoms with Crippen LogP contribution in [0.5, 0.6) is 0 Å². The van der Waals surface area contributed by atoms with E-state index >= 15 is 0 Å². The van der Waals surface area contributed by atoms with Crippen molar-refractivity contribution in [3.05, 3.63) is 92.3 Å². The molecule has 2 aromatic carbocycles. The average molecular weight is 706 g/mol. The molecular formula is C37H47N5O9. The van der Waals surface area contributed by atoms with Crippen molar-refractivity contribution in [1.29, 1.82) is 0 Å². The second-order valence-electron chi connectivity index (χ2n) is 13.4. The van der Waals surface area contributed by atoms with Crippen molar-refractivity contribution in [3.63, 3.8) is 0 Å². The molecule has 274 valence electrons. The number of nitrogens with one attached hydrogen (secondary N) is 3. The van der Waals surface area contributed by atoms with E-state index in [1.807, 2.05) is 48.5 Å². The highest BCUT2D eigenvalue weighted by molar-refractivity contribution is 5.92. The van der Waals surface area contributed by atoms with Gasteiger partial charge in [-0.3, -0.25) is 23.9 Å². The normalized spacial score (nSPS) is 12.7. The van der Waals surface area contributed by atoms with E-state index in [0.29, 0.717) is 32.2 Å². The summed E-state index contributed by atoms with van der Waals surface area (Å²) < 4.78 is 17.0. The summed E-state index contributed by atoms with van der Waals surface area (Å²) in [6.07, 6.45) is 1.92. The minimum atomic E-state index is -0.910. The quantitative estimate of drug-likeness (QED) is 0.120. The predicted molar refractivity (Wildman–Crippen MR) is 189 cm³/mol. The lowest BCUT2D eigenvalue weighted by Gasteiger charge is -2.30. The molecule has 3 amide bonds. The second-order valence-corrected chi connectivity index (χ2v) is 13.4. The number of imide groups is 1. The van der Waals surface area contributed by atoms with E-state index in [-0.39, 0.29) is 31.2 Å². The van der Waals surface area contributed by atoms with Gasteiger partial charge in [0.15, 0.2) is 0 Å². The Bertz CT molecular complexity index is 1780. The first-order valence-corrected chi connectivity index (χ1v) is 17.0. The van der Waals surface area contributed by atoms with Crippen LogP contribution >= 0.6 is 0 Å². The number of unbranched alkanes of at least 4 members (excludes halogenated alkanes) is 2. The summed E-state index contributed by atoms with van der Waals surface area (Å²) in [4.78, 5) is 79.8. The zero-order chi connectivity index (χ0) is 37.1. The summed E-state index contributed by atoms with van der Waals surface area (Å²) in [5, 5.41) is 5.68. The van der Waals surface area contributed by atoms with Crippen LogP contribution in [0.2, 0.25) is 0 Å². The first-order chi connectivity index (χ1) is 24.3. The summed E-state index contributed by atoms with van der Waals surface area (Å²) in [5.41, 5.74) is 2.29. The van der Waals surface area contributed by atoms with E-state index in [4.69, 9.17) is 14.2 Å². The molecule has 0 unspecified atom stereocenters. The molecule has 0 fully saturated rings. The number of amides is 3. The number of aromatic nitrogens is 2. The highest BCUT2D eigenvalue weighted by Crippen LogP contribution is 2.44. The molecule has 0 saturated carbocycles. The number of methoxy groups -OCH3 is 1. The van der Waals surface area contributed by atoms with Crippen molar-refractivity contribution >= 4 is 24.1 Å². The van der Waals surface area contributed by atoms with Gasteiger partial charge in [0, 0.05) is 30.8 Å². The van der Waals surface area contributed by atoms with Crippen molar-refractivity contribution in [1.82, 2.24) is 25.1 Å². The molecule has 0 radical (unpaired) electrons. The fraction of sp³-hybridized carbons (Fsp3) is 0.459. The monoisotopic (exact) mass is 705 g/mol. The van der Waals surface area contributed by atoms with Crippen LogP contribution in [0.4, 0.5) is 9.59 Å². The summed E-state index contributed by atoms with van der Waals surface area (Å²) in [7, 11) is 1.25. The Kier molecular flexibility index (Phi) is 13.3. The number of alkyl carbamates (subject to hydrolysis) is 1. The largest absolute Gasteiger partial charge is 0.468 e. The number of aromatic amines is 1. The number of esters is 1. The Labute approximate surface area is 296 Å². The third-order valence-electron chi connectivity index (χ3n) is 8.42. The topological polar surface area (TPSA) is 178 Å². The molecule has 4 rings (SSSR count). The number of fused-ring (bicyclic) bond motifs is 3. The Morgan fingerprint density at radius 1 is 0.961 bits per heavy atom. The van der Waals surface area contributed by atoms with Gasteiger partial charge in [-0.25, -0.2) is 19.3 Å². The van der Waals surface area contributed by atoms with Gasteiger partial charge in [0.2, 0.25) is 0 Å². The van der Waals surface area contributed by atoms with E-state index in [0.717, 1.165) is 31.7 Å². The molecule has 1 aliphatic carbocycles. The first kappa shape index (κ1) is 38.6. The van der Waals surface area contributed by atoms with Gasteiger partial charge in [0.05, 0.1) is 19.7 Å². The third kappa shape index (κ3) is 10.6. The molecule has 14 nitrogen and oxygen atoms in total. The highest BCUT2D eigenvalue weighted by atomic mass is 16.6. The molecule has 14 heteroatoms. The molecular weight excluding hydrogens is 658 g/mol. The first-order valence-electron chi connectivity index (χ1n) is 17.0. The number of carbonyl (C=O) groups excluding carboxylic acids is 4. The van der Waals surface area contributed by atoms with Crippen LogP contribution in [0, 0.1) is 6.92 Å². The molecule has 51 heavy (non-hydrogen) atoms. The lowest BCUT2D eigenvalue weighted by molar-refractivity contribution is -0.139. The van der Waals surface area contributed by atoms with E-state index < -0.39 is 53.5 Å². The van der Waals surface area contributed by atoms with E-state index in [1.165, 1.54) is 20.2 Å². The average Bonchev–Trinajstić information content (AvgIpc) is 3.40. The molecule has 1 heterocycles. The number of benzene rings is 2. The van der Waals surface area contributed by atoms with Crippen LogP contribution in [0.1, 0.15) is 69.1 Å². The number of hydrogen-bond donors (Lipinski definition) is 3. The van der Waals surface area contributed by atoms with Crippen LogP contribution in [-0.2, 0) is 30.3 Å². The summed E-state index contributed by atoms with van der Waals surface area (Å²) in [5.74, 6) is -1.54. The third-order valence-corrected chi connectivity index (χ3v) is 8.42. The highest BCUT2D eigenvalue weighted by Gasteiger charge is 2.34. The molecule has 1 aliphatic rings. The maximum absolute atomic E-state index is 14.0. The predicted octanol–water partition coefficient (Wildman–Crippen LogP) is 3.84. The minimum Gasteiger partial charge on any atom is -0.468 e. The Hall–Kier alpha value is -5.24. The van der Waals surface area contributed by atoms with Gasteiger partial charge in [0.1, 0.15) is 18.8 Å². The van der Waals surface area contributed by atoms with E-state index in [9.17, 15) is 28.8 Å². The molecule has 0 aliphatic heterocycles. The smallest absolute Gasteiger partial charge is 0.416 e. The number of rotatable bonds is 15. The minimum absolute atomic E-state index is 0.0285. The van der Waals surface area contributed by atoms with Gasteiger partial charge in [-0.2, -0.15) is 0 Å². The number of ether oxygens (including phenoxy) is 3. The van der Waals surface area contributed by atoms with Crippen molar-refractivity contribution in [2.75, 3.05) is 33.4 Å². The second kappa shape index (κ2) is 17.6. The summed E-state index contributed by atoms with van der Waals surface area (Å²) in [6.45, 7) is 6.46. The lowest BCUT2D eigenvalue weighted by atomic mass is 9.98. The van der Waals surface area contributed by atoms with Crippen molar-refractivity contribution in [2.24, 2.45) is 0 Å². The molecule has 3 aromatic rings. The molecule has 1 atom stereocenters. The lowest BCUT2D eigenvalue weighted by Crippen LogP contribution is -2.52. The van der Waals surface area contributed by atoms with Gasteiger partial charge < -0.3 is 24.8 Å². The Balaban J connectivity index is 1.55. The Morgan fingerprint density at radius 2 is 1.61 bits per heavy atom. The van der Waals surface area contributed by atoms with Crippen LogP contribution < -0.4 is 21.9 Å². The number of carbonyl (C=O) groups is 4. The molecule has 0 spiro atoms. The van der Waals surface area contributed by atoms with E-state index in [2.05, 4.69) is 15.6 Å². The number of nitrogens with zero attached hydrogens (tertiary/aromatic N) is 2. The Morgan fingerprint density at radius 3 is 2.24 bits per heavy atom. The summed E-state index contributed by atoms with van der Waals surface area (Å²) in [6, 6.07) is 14.9. The van der Waals surface area contributed by atoms with Gasteiger partial charge in [-0.15, -0.1) is 0 Å². The maximum Gasteiger partial charge on any atom is 0.416 e. The van der Waals surface area contributed by atoms with Gasteiger partial charge in [0.25, 0.3) is 11.5 Å². The zero-order valence-corrected chi connectivity index (χ0v) is 29.8. The maximum atomic E-state index is 14.0. The molecule has 3 N–H and O–H groups in total. The van der Waals surface area contributed by atoms with Crippen molar-refractivity contribution in [2.45, 2.75) is 77.5 Å². The number of H-pyrrole nitrogens is 1. The fourth-order valence-electron chi connectivity index (χ4n) is 6.00. The van der Waals surface area contributed by atoms with Crippen molar-refractivity contribution in [3.8, 4) is 11.1 Å².